The first kappa shape index (κ1) is 35.5. The Morgan fingerprint density at radius 3 is 2.53 bits per heavy atom. The number of piperazine rings is 1. The first-order chi connectivity index (χ1) is 20.8. The van der Waals surface area contributed by atoms with E-state index in [-0.39, 0.29) is 42.7 Å². The van der Waals surface area contributed by atoms with Crippen molar-refractivity contribution in [3.63, 3.8) is 0 Å². The number of carbonyl (C=O) groups is 2. The highest BCUT2D eigenvalue weighted by molar-refractivity contribution is 6.06. The molecule has 246 valence electrons. The lowest BCUT2D eigenvalue weighted by Crippen LogP contribution is -2.50. The Hall–Kier alpha value is -3.97. The number of carbonyl (C=O) groups excluding carboxylic acids is 1. The number of carboxylic acids is 1. The highest BCUT2D eigenvalue weighted by Gasteiger charge is 2.28. The number of aliphatic imine (C=N–C) groups is 1. The number of aromatic nitrogens is 3. The number of carboxylic acid groups (broad SMARTS) is 1. The van der Waals surface area contributed by atoms with Gasteiger partial charge in [0.2, 0.25) is 0 Å². The molecule has 1 fully saturated rings. The normalized spacial score (nSPS) is 14.0. The Morgan fingerprint density at radius 2 is 1.89 bits per heavy atom. The van der Waals surface area contributed by atoms with E-state index >= 15 is 0 Å². The van der Waals surface area contributed by atoms with Crippen LogP contribution >= 0.6 is 12.4 Å². The summed E-state index contributed by atoms with van der Waals surface area (Å²) in [7, 11) is 0. The molecular weight excluding hydrogens is 605 g/mol. The minimum absolute atomic E-state index is 0. The maximum absolute atomic E-state index is 14.8. The van der Waals surface area contributed by atoms with Crippen LogP contribution < -0.4 is 4.90 Å². The number of aromatic amines is 1. The van der Waals surface area contributed by atoms with Gasteiger partial charge in [0.25, 0.3) is 0 Å². The molecule has 0 radical (unpaired) electrons. The predicted octanol–water partition coefficient (Wildman–Crippen LogP) is 5.50. The molecule has 1 saturated heterocycles. The van der Waals surface area contributed by atoms with Crippen LogP contribution in [0.4, 0.5) is 20.7 Å². The monoisotopic (exact) mass is 647 g/mol. The van der Waals surface area contributed by atoms with Crippen LogP contribution in [0.5, 0.6) is 5.88 Å². The number of amides is 1. The van der Waals surface area contributed by atoms with Crippen LogP contribution in [0.25, 0.3) is 11.0 Å². The van der Waals surface area contributed by atoms with E-state index in [2.05, 4.69) is 24.8 Å². The summed E-state index contributed by atoms with van der Waals surface area (Å²) < 4.78 is 20.3. The van der Waals surface area contributed by atoms with Crippen LogP contribution in [0, 0.1) is 5.82 Å². The zero-order chi connectivity index (χ0) is 32.0. The van der Waals surface area contributed by atoms with Gasteiger partial charge in [0.1, 0.15) is 29.2 Å². The third-order valence-electron chi connectivity index (χ3n) is 7.38. The van der Waals surface area contributed by atoms with Gasteiger partial charge in [-0.25, -0.2) is 19.2 Å². The molecule has 0 spiro atoms. The summed E-state index contributed by atoms with van der Waals surface area (Å²) in [5.41, 5.74) is 1.25. The highest BCUT2D eigenvalue weighted by atomic mass is 35.5. The van der Waals surface area contributed by atoms with Crippen molar-refractivity contribution in [2.75, 3.05) is 37.6 Å². The topological polar surface area (TPSA) is 147 Å². The van der Waals surface area contributed by atoms with Crippen molar-refractivity contribution >= 4 is 53.2 Å². The minimum Gasteiger partial charge on any atom is -0.494 e. The zero-order valence-corrected chi connectivity index (χ0v) is 27.2. The van der Waals surface area contributed by atoms with E-state index in [4.69, 9.17) is 9.84 Å². The molecule has 0 saturated carbocycles. The molecule has 12 nitrogen and oxygen atoms in total. The maximum atomic E-state index is 14.8. The number of H-pyrrole nitrogens is 1. The van der Waals surface area contributed by atoms with Crippen LogP contribution in [0.3, 0.4) is 0 Å². The van der Waals surface area contributed by atoms with Gasteiger partial charge in [-0.15, -0.1) is 12.4 Å². The summed E-state index contributed by atoms with van der Waals surface area (Å²) in [5, 5.41) is 20.3. The Labute approximate surface area is 268 Å². The zero-order valence-electron chi connectivity index (χ0n) is 26.4. The lowest BCUT2D eigenvalue weighted by molar-refractivity contribution is -0.137. The van der Waals surface area contributed by atoms with Crippen molar-refractivity contribution in [2.45, 2.75) is 72.1 Å². The van der Waals surface area contributed by atoms with E-state index < -0.39 is 11.6 Å². The van der Waals surface area contributed by atoms with Crippen molar-refractivity contribution in [2.24, 2.45) is 4.99 Å². The van der Waals surface area contributed by atoms with Gasteiger partial charge >= 0.3 is 12.1 Å². The van der Waals surface area contributed by atoms with Gasteiger partial charge in [0.05, 0.1) is 16.6 Å². The maximum Gasteiger partial charge on any atom is 0.410 e. The second-order valence-electron chi connectivity index (χ2n) is 12.2. The molecule has 0 atom stereocenters. The molecule has 2 aromatic heterocycles. The number of rotatable bonds is 11. The number of anilines is 1. The number of aliphatic carboxylic acids is 1. The lowest BCUT2D eigenvalue weighted by atomic mass is 10.1. The van der Waals surface area contributed by atoms with Crippen LogP contribution in [0.1, 0.15) is 65.0 Å². The number of aromatic hydroxyl groups is 1. The second kappa shape index (κ2) is 15.3. The SMILES string of the molecule is CC(C)N(CCCCC(=O)O)Cc1cc(N=Cc2c(O)[nH]c3ncnc(N4CCN(C(=O)OC(C)(C)C)CC4)c23)ccc1F.Cl. The predicted molar refractivity (Wildman–Crippen MR) is 174 cm³/mol. The summed E-state index contributed by atoms with van der Waals surface area (Å²) in [5.74, 6) is -0.686. The molecule has 3 heterocycles. The molecular formula is C31H43ClFN7O5. The number of hydrogen-bond acceptors (Lipinski definition) is 9. The Balaban J connectivity index is 0.00000552. The quantitative estimate of drug-likeness (QED) is 0.181. The van der Waals surface area contributed by atoms with Crippen LogP contribution in [0.2, 0.25) is 0 Å². The van der Waals surface area contributed by atoms with E-state index in [9.17, 15) is 19.1 Å². The molecule has 3 aromatic rings. The fourth-order valence-corrected chi connectivity index (χ4v) is 5.04. The van der Waals surface area contributed by atoms with Crippen LogP contribution in [-0.4, -0.2) is 97.6 Å². The smallest absolute Gasteiger partial charge is 0.410 e. The second-order valence-corrected chi connectivity index (χ2v) is 12.2. The van der Waals surface area contributed by atoms with E-state index in [1.54, 1.807) is 17.0 Å². The number of nitrogens with zero attached hydrogens (tertiary/aromatic N) is 6. The van der Waals surface area contributed by atoms with E-state index in [0.29, 0.717) is 85.8 Å². The number of nitrogens with one attached hydrogen (secondary N) is 1. The molecule has 14 heteroatoms. The summed E-state index contributed by atoms with van der Waals surface area (Å²) in [6.07, 6.45) is 3.95. The Kier molecular flexibility index (Phi) is 12.1. The fourth-order valence-electron chi connectivity index (χ4n) is 5.04. The summed E-state index contributed by atoms with van der Waals surface area (Å²) in [4.78, 5) is 45.4. The summed E-state index contributed by atoms with van der Waals surface area (Å²) >= 11 is 0. The number of benzene rings is 1. The van der Waals surface area contributed by atoms with Gasteiger partial charge in [-0.2, -0.15) is 0 Å². The average molecular weight is 648 g/mol. The van der Waals surface area contributed by atoms with Crippen molar-refractivity contribution in [3.05, 3.63) is 41.5 Å². The third-order valence-corrected chi connectivity index (χ3v) is 7.38. The van der Waals surface area contributed by atoms with Crippen LogP contribution in [0.15, 0.2) is 29.5 Å². The van der Waals surface area contributed by atoms with Gasteiger partial charge in [-0.3, -0.25) is 14.7 Å². The number of ether oxygens (including phenoxy) is 1. The number of hydrogen-bond donors (Lipinski definition) is 3. The van der Waals surface area contributed by atoms with E-state index in [0.717, 1.165) is 0 Å². The molecule has 4 rings (SSSR count). The Bertz CT molecular complexity index is 1500. The molecule has 0 unspecified atom stereocenters. The molecule has 3 N–H and O–H groups in total. The first-order valence-corrected chi connectivity index (χ1v) is 14.9. The number of halogens is 2. The highest BCUT2D eigenvalue weighted by Crippen LogP contribution is 2.32. The molecule has 1 aromatic carbocycles. The van der Waals surface area contributed by atoms with Gasteiger partial charge in [0.15, 0.2) is 5.88 Å². The van der Waals surface area contributed by atoms with Crippen LogP contribution in [-0.2, 0) is 16.1 Å². The minimum atomic E-state index is -0.821. The molecule has 0 aliphatic carbocycles. The summed E-state index contributed by atoms with van der Waals surface area (Å²) in [6.45, 7) is 12.5. The van der Waals surface area contributed by atoms with Crippen molar-refractivity contribution < 1.29 is 28.9 Å². The standard InChI is InChI=1S/C31H42FN7O5.ClH/c1-20(2)39(11-7-6-8-25(40)41)18-21-16-22(9-10-24(21)32)33-17-23-26-27(36-29(23)42)34-19-35-28(26)37-12-14-38(15-13-37)30(43)44-31(3,4)5;/h9-10,16-17,19-20,42H,6-8,11-15,18H2,1-5H3,(H,40,41)(H,34,35,36);1H. The Morgan fingerprint density at radius 1 is 1.18 bits per heavy atom. The first-order valence-electron chi connectivity index (χ1n) is 14.9. The van der Waals surface area contributed by atoms with Gasteiger partial charge < -0.3 is 29.7 Å². The van der Waals surface area contributed by atoms with E-state index in [1.165, 1.54) is 18.6 Å². The van der Waals surface area contributed by atoms with Crippen molar-refractivity contribution in [3.8, 4) is 5.88 Å². The largest absolute Gasteiger partial charge is 0.494 e. The average Bonchev–Trinajstić information content (AvgIpc) is 3.28. The van der Waals surface area contributed by atoms with Gasteiger partial charge in [-0.1, -0.05) is 0 Å². The lowest BCUT2D eigenvalue weighted by Gasteiger charge is -2.36. The molecule has 1 aliphatic heterocycles. The molecule has 1 aliphatic rings. The third kappa shape index (κ3) is 9.51. The van der Waals surface area contributed by atoms with E-state index in [1.807, 2.05) is 39.5 Å². The van der Waals surface area contributed by atoms with Crippen molar-refractivity contribution in [1.29, 1.82) is 0 Å². The number of unbranched alkanes of at least 4 members (excludes halogenated alkanes) is 1. The summed E-state index contributed by atoms with van der Waals surface area (Å²) in [6, 6.07) is 4.76. The molecule has 1 amide bonds. The number of fused-ring (bicyclic) bond motifs is 1. The van der Waals surface area contributed by atoms with Gasteiger partial charge in [-0.05, 0) is 72.2 Å². The molecule has 0 bridgehead atoms. The molecule has 45 heavy (non-hydrogen) atoms. The fraction of sp³-hybridized carbons (Fsp3) is 0.516. The van der Waals surface area contributed by atoms with Gasteiger partial charge in [0, 0.05) is 57.0 Å². The van der Waals surface area contributed by atoms with Crippen molar-refractivity contribution in [1.82, 2.24) is 24.8 Å².